The molecule has 0 radical (unpaired) electrons. The van der Waals surface area contributed by atoms with Gasteiger partial charge in [0, 0.05) is 24.6 Å². The molecule has 29 heavy (non-hydrogen) atoms. The Balaban J connectivity index is 1.47. The molecule has 2 N–H and O–H groups in total. The minimum absolute atomic E-state index is 0.00210. The van der Waals surface area contributed by atoms with Crippen molar-refractivity contribution in [2.24, 2.45) is 0 Å². The summed E-state index contributed by atoms with van der Waals surface area (Å²) in [6, 6.07) is 14.8. The lowest BCUT2D eigenvalue weighted by molar-refractivity contribution is 0.594. The zero-order valence-electron chi connectivity index (χ0n) is 15.1. The summed E-state index contributed by atoms with van der Waals surface area (Å²) in [4.78, 5) is 20.3. The molecular weight excluding hydrogens is 392 g/mol. The summed E-state index contributed by atoms with van der Waals surface area (Å²) >= 11 is 0. The van der Waals surface area contributed by atoms with E-state index in [0.29, 0.717) is 22.2 Å². The van der Waals surface area contributed by atoms with Crippen molar-refractivity contribution in [1.82, 2.24) is 9.97 Å². The Morgan fingerprint density at radius 1 is 0.931 bits per heavy atom. The molecule has 9 heteroatoms. The summed E-state index contributed by atoms with van der Waals surface area (Å²) in [6.45, 7) is 0.245. The number of nitrogens with one attached hydrogen (secondary N) is 2. The maximum absolute atomic E-state index is 12.5. The average Bonchev–Trinajstić information content (AvgIpc) is 2.74. The first kappa shape index (κ1) is 18.6. The van der Waals surface area contributed by atoms with Crippen LogP contribution >= 0.6 is 0 Å². The quantitative estimate of drug-likeness (QED) is 0.504. The van der Waals surface area contributed by atoms with Gasteiger partial charge in [0.15, 0.2) is 5.43 Å². The van der Waals surface area contributed by atoms with E-state index in [1.54, 1.807) is 42.5 Å². The molecule has 0 spiro atoms. The molecule has 2 aromatic carbocycles. The second-order valence-electron chi connectivity index (χ2n) is 6.14. The number of fused-ring (bicyclic) bond motifs is 1. The van der Waals surface area contributed by atoms with Gasteiger partial charge in [0.05, 0.1) is 22.1 Å². The summed E-state index contributed by atoms with van der Waals surface area (Å²) in [5.41, 5.74) is 1.56. The average molecular weight is 408 g/mol. The smallest absolute Gasteiger partial charge is 0.264 e. The Hall–Kier alpha value is -3.72. The predicted octanol–water partition coefficient (Wildman–Crippen LogP) is 3.00. The second-order valence-corrected chi connectivity index (χ2v) is 7.82. The van der Waals surface area contributed by atoms with Gasteiger partial charge in [-0.25, -0.2) is 23.1 Å². The van der Waals surface area contributed by atoms with Crippen molar-refractivity contribution in [3.8, 4) is 0 Å². The molecule has 0 unspecified atom stereocenters. The number of anilines is 2. The number of benzene rings is 2. The van der Waals surface area contributed by atoms with Crippen LogP contribution < -0.4 is 15.5 Å². The number of aromatic nitrogens is 2. The molecule has 0 amide bonds. The molecule has 4 rings (SSSR count). The van der Waals surface area contributed by atoms with Crippen LogP contribution in [-0.4, -0.2) is 18.4 Å². The van der Waals surface area contributed by atoms with Gasteiger partial charge >= 0.3 is 0 Å². The molecule has 0 saturated heterocycles. The lowest BCUT2D eigenvalue weighted by atomic mass is 10.1. The third kappa shape index (κ3) is 4.09. The van der Waals surface area contributed by atoms with E-state index in [2.05, 4.69) is 20.0 Å². The standard InChI is InChI=1S/C20H16N4O4S/c25-19-14(13-28-18-5-2-1-4-17(18)19)12-23-15-6-8-16(9-7-15)29(26,27)24-20-21-10-3-11-22-20/h1-11,13,23H,12H2,(H,21,22,24). The van der Waals surface area contributed by atoms with Crippen molar-refractivity contribution < 1.29 is 12.8 Å². The highest BCUT2D eigenvalue weighted by Crippen LogP contribution is 2.17. The van der Waals surface area contributed by atoms with E-state index in [0.717, 1.165) is 0 Å². The monoisotopic (exact) mass is 408 g/mol. The fourth-order valence-corrected chi connectivity index (χ4v) is 3.68. The summed E-state index contributed by atoms with van der Waals surface area (Å²) in [5.74, 6) is -0.00210. The van der Waals surface area contributed by atoms with Gasteiger partial charge in [-0.1, -0.05) is 12.1 Å². The van der Waals surface area contributed by atoms with Crippen LogP contribution in [0.4, 0.5) is 11.6 Å². The Kier molecular flexibility index (Phi) is 4.96. The first-order valence-corrected chi connectivity index (χ1v) is 10.1. The molecule has 0 aliphatic rings. The summed E-state index contributed by atoms with van der Waals surface area (Å²) in [5, 5.41) is 3.61. The van der Waals surface area contributed by atoms with E-state index in [9.17, 15) is 13.2 Å². The van der Waals surface area contributed by atoms with E-state index in [-0.39, 0.29) is 22.8 Å². The molecule has 0 aliphatic heterocycles. The number of nitrogens with zero attached hydrogens (tertiary/aromatic N) is 2. The zero-order valence-corrected chi connectivity index (χ0v) is 15.9. The molecular formula is C20H16N4O4S. The highest BCUT2D eigenvalue weighted by atomic mass is 32.2. The van der Waals surface area contributed by atoms with Gasteiger partial charge in [-0.2, -0.15) is 0 Å². The van der Waals surface area contributed by atoms with Gasteiger partial charge in [0.25, 0.3) is 10.0 Å². The summed E-state index contributed by atoms with van der Waals surface area (Å²) < 4.78 is 32.6. The first-order valence-electron chi connectivity index (χ1n) is 8.66. The SMILES string of the molecule is O=c1c(CNc2ccc(S(=O)(=O)Nc3ncccn3)cc2)coc2ccccc12. The van der Waals surface area contributed by atoms with Crippen molar-refractivity contribution in [3.63, 3.8) is 0 Å². The van der Waals surface area contributed by atoms with Gasteiger partial charge in [0.1, 0.15) is 5.58 Å². The van der Waals surface area contributed by atoms with Crippen LogP contribution in [0.5, 0.6) is 0 Å². The number of hydrogen-bond acceptors (Lipinski definition) is 7. The van der Waals surface area contributed by atoms with Crippen molar-refractivity contribution in [2.45, 2.75) is 11.4 Å². The van der Waals surface area contributed by atoms with E-state index in [1.807, 2.05) is 0 Å². The fourth-order valence-electron chi connectivity index (χ4n) is 2.72. The number of hydrogen-bond donors (Lipinski definition) is 2. The minimum atomic E-state index is -3.80. The zero-order chi connectivity index (χ0) is 20.3. The van der Waals surface area contributed by atoms with Gasteiger partial charge in [0.2, 0.25) is 5.95 Å². The van der Waals surface area contributed by atoms with Crippen LogP contribution in [-0.2, 0) is 16.6 Å². The Morgan fingerprint density at radius 2 is 1.66 bits per heavy atom. The molecule has 8 nitrogen and oxygen atoms in total. The molecule has 0 aliphatic carbocycles. The molecule has 0 atom stereocenters. The highest BCUT2D eigenvalue weighted by Gasteiger charge is 2.15. The van der Waals surface area contributed by atoms with Crippen LogP contribution in [0.2, 0.25) is 0 Å². The van der Waals surface area contributed by atoms with Gasteiger partial charge < -0.3 is 9.73 Å². The lowest BCUT2D eigenvalue weighted by Crippen LogP contribution is -2.15. The number of rotatable bonds is 6. The topological polar surface area (TPSA) is 114 Å². The van der Waals surface area contributed by atoms with E-state index in [1.165, 1.54) is 30.8 Å². The number of sulfonamides is 1. The normalized spacial score (nSPS) is 11.3. The number of para-hydroxylation sites is 1. The lowest BCUT2D eigenvalue weighted by Gasteiger charge is -2.09. The largest absolute Gasteiger partial charge is 0.464 e. The third-order valence-corrected chi connectivity index (χ3v) is 5.53. The van der Waals surface area contributed by atoms with Crippen molar-refractivity contribution in [1.29, 1.82) is 0 Å². The second kappa shape index (κ2) is 7.72. The summed E-state index contributed by atoms with van der Waals surface area (Å²) in [6.07, 6.45) is 4.32. The van der Waals surface area contributed by atoms with E-state index < -0.39 is 10.0 Å². The highest BCUT2D eigenvalue weighted by molar-refractivity contribution is 7.92. The molecule has 0 fully saturated rings. The first-order chi connectivity index (χ1) is 14.0. The van der Waals surface area contributed by atoms with Gasteiger partial charge in [-0.15, -0.1) is 0 Å². The van der Waals surface area contributed by atoms with Crippen molar-refractivity contribution >= 4 is 32.6 Å². The molecule has 146 valence electrons. The minimum Gasteiger partial charge on any atom is -0.464 e. The Labute approximate surface area is 166 Å². The van der Waals surface area contributed by atoms with Crippen LogP contribution in [0.1, 0.15) is 5.56 Å². The Bertz CT molecular complexity index is 1300. The molecule has 2 heterocycles. The van der Waals surface area contributed by atoms with Gasteiger partial charge in [-0.05, 0) is 42.5 Å². The third-order valence-electron chi connectivity index (χ3n) is 4.19. The maximum atomic E-state index is 12.5. The van der Waals surface area contributed by atoms with Crippen LogP contribution in [0, 0.1) is 0 Å². The van der Waals surface area contributed by atoms with Crippen molar-refractivity contribution in [2.75, 3.05) is 10.0 Å². The Morgan fingerprint density at radius 3 is 2.41 bits per heavy atom. The van der Waals surface area contributed by atoms with Crippen LogP contribution in [0.25, 0.3) is 11.0 Å². The van der Waals surface area contributed by atoms with Crippen LogP contribution in [0.3, 0.4) is 0 Å². The molecule has 2 aromatic heterocycles. The predicted molar refractivity (Wildman–Crippen MR) is 109 cm³/mol. The van der Waals surface area contributed by atoms with Crippen LogP contribution in [0.15, 0.2) is 87.4 Å². The maximum Gasteiger partial charge on any atom is 0.264 e. The summed E-state index contributed by atoms with van der Waals surface area (Å²) in [7, 11) is -3.80. The molecule has 0 bridgehead atoms. The van der Waals surface area contributed by atoms with Gasteiger partial charge in [-0.3, -0.25) is 4.79 Å². The fraction of sp³-hybridized carbons (Fsp3) is 0.0500. The molecule has 4 aromatic rings. The van der Waals surface area contributed by atoms with E-state index >= 15 is 0 Å². The van der Waals surface area contributed by atoms with E-state index in [4.69, 9.17) is 4.42 Å². The molecule has 0 saturated carbocycles. The van der Waals surface area contributed by atoms with Crippen molar-refractivity contribution in [3.05, 3.63) is 89.0 Å².